The van der Waals surface area contributed by atoms with E-state index in [4.69, 9.17) is 4.74 Å². The lowest BCUT2D eigenvalue weighted by Crippen LogP contribution is -2.63. The van der Waals surface area contributed by atoms with Gasteiger partial charge < -0.3 is 20.3 Å². The molecule has 1 aromatic heterocycles. The molecule has 0 bridgehead atoms. The first-order valence-corrected chi connectivity index (χ1v) is 12.7. The van der Waals surface area contributed by atoms with Crippen LogP contribution < -0.4 is 20.9 Å². The van der Waals surface area contributed by atoms with Gasteiger partial charge in [0.2, 0.25) is 0 Å². The molecule has 38 heavy (non-hydrogen) atoms. The van der Waals surface area contributed by atoms with Crippen LogP contribution in [0, 0.1) is 0 Å². The molecule has 3 aliphatic rings. The molecule has 1 fully saturated rings. The number of nitrogens with zero attached hydrogens (tertiary/aromatic N) is 3. The predicted octanol–water partition coefficient (Wildman–Crippen LogP) is 4.27. The van der Waals surface area contributed by atoms with Crippen molar-refractivity contribution in [2.75, 3.05) is 37.0 Å². The minimum atomic E-state index is -4.50. The summed E-state index contributed by atoms with van der Waals surface area (Å²) in [6.45, 7) is 2.23. The number of hydrogen-bond acceptors (Lipinski definition) is 8. The van der Waals surface area contributed by atoms with Crippen molar-refractivity contribution in [3.8, 4) is 0 Å². The first-order valence-electron chi connectivity index (χ1n) is 12.7. The number of hydrogen-bond donors (Lipinski definition) is 3. The molecular weight excluding hydrogens is 497 g/mol. The van der Waals surface area contributed by atoms with E-state index in [1.807, 2.05) is 18.2 Å². The Kier molecular flexibility index (Phi) is 7.57. The molecule has 5 rings (SSSR count). The van der Waals surface area contributed by atoms with E-state index in [0.29, 0.717) is 18.5 Å². The van der Waals surface area contributed by atoms with E-state index in [0.717, 1.165) is 49.0 Å². The standard InChI is InChI=1S/C27H31F3N6O2/c1-38-25(37)18-7-9-19(10-8-18)32-23-20-11-16-35(24-21(27(28,29)30)6-5-13-31-24)17-12-22(20)33-26(34-23)36-14-3-2-4-15-36/h5-10,12-13,17,23,26,32-34H,2-4,11,14-16H2,1H3. The lowest BCUT2D eigenvalue weighted by molar-refractivity contribution is -0.137. The Morgan fingerprint density at radius 2 is 1.87 bits per heavy atom. The third-order valence-corrected chi connectivity index (χ3v) is 7.09. The normalized spacial score (nSPS) is 22.4. The van der Waals surface area contributed by atoms with Gasteiger partial charge in [-0.3, -0.25) is 10.2 Å². The number of pyridine rings is 1. The van der Waals surface area contributed by atoms with Crippen molar-refractivity contribution in [1.82, 2.24) is 20.5 Å². The fourth-order valence-corrected chi connectivity index (χ4v) is 5.12. The number of benzene rings is 1. The molecule has 4 heterocycles. The first-order chi connectivity index (χ1) is 18.3. The summed E-state index contributed by atoms with van der Waals surface area (Å²) in [6, 6.07) is 9.38. The van der Waals surface area contributed by atoms with Gasteiger partial charge in [0.15, 0.2) is 0 Å². The summed E-state index contributed by atoms with van der Waals surface area (Å²) in [5, 5.41) is 10.7. The van der Waals surface area contributed by atoms with Crippen molar-refractivity contribution in [2.45, 2.75) is 44.3 Å². The first kappa shape index (κ1) is 26.1. The van der Waals surface area contributed by atoms with Crippen molar-refractivity contribution in [1.29, 1.82) is 0 Å². The average molecular weight is 529 g/mol. The Hall–Kier alpha value is -3.57. The highest BCUT2D eigenvalue weighted by atomic mass is 19.4. The topological polar surface area (TPSA) is 81.8 Å². The summed E-state index contributed by atoms with van der Waals surface area (Å²) in [7, 11) is 1.34. The number of piperidine rings is 1. The van der Waals surface area contributed by atoms with Gasteiger partial charge in [0, 0.05) is 43.4 Å². The molecule has 3 N–H and O–H groups in total. The van der Waals surface area contributed by atoms with Crippen molar-refractivity contribution in [3.05, 3.63) is 77.3 Å². The largest absolute Gasteiger partial charge is 0.465 e. The Morgan fingerprint density at radius 3 is 2.58 bits per heavy atom. The molecule has 8 nitrogen and oxygen atoms in total. The minimum absolute atomic E-state index is 0.112. The van der Waals surface area contributed by atoms with E-state index in [2.05, 4.69) is 25.8 Å². The Morgan fingerprint density at radius 1 is 1.11 bits per heavy atom. The van der Waals surface area contributed by atoms with Crippen LogP contribution in [0.15, 0.2) is 66.1 Å². The van der Waals surface area contributed by atoms with Gasteiger partial charge in [-0.1, -0.05) is 6.42 Å². The van der Waals surface area contributed by atoms with Gasteiger partial charge in [0.25, 0.3) is 0 Å². The van der Waals surface area contributed by atoms with E-state index < -0.39 is 17.7 Å². The fraction of sp³-hybridized carbons (Fsp3) is 0.407. The Bertz CT molecular complexity index is 1210. The summed E-state index contributed by atoms with van der Waals surface area (Å²) in [6.07, 6.45) is 3.90. The molecule has 0 radical (unpaired) electrons. The summed E-state index contributed by atoms with van der Waals surface area (Å²) >= 11 is 0. The zero-order chi connectivity index (χ0) is 26.7. The van der Waals surface area contributed by atoms with Crippen molar-refractivity contribution < 1.29 is 22.7 Å². The zero-order valence-electron chi connectivity index (χ0n) is 21.1. The van der Waals surface area contributed by atoms with Crippen LogP contribution in [-0.4, -0.2) is 55.1 Å². The van der Waals surface area contributed by atoms with E-state index >= 15 is 0 Å². The molecule has 2 atom stereocenters. The maximum absolute atomic E-state index is 13.7. The minimum Gasteiger partial charge on any atom is -0.465 e. The number of allylic oxidation sites excluding steroid dienone is 1. The van der Waals surface area contributed by atoms with Crippen LogP contribution in [0.5, 0.6) is 0 Å². The second-order valence-corrected chi connectivity index (χ2v) is 9.53. The van der Waals surface area contributed by atoms with Crippen LogP contribution in [0.4, 0.5) is 24.7 Å². The number of esters is 1. The van der Waals surface area contributed by atoms with Crippen LogP contribution in [-0.2, 0) is 10.9 Å². The molecule has 11 heteroatoms. The van der Waals surface area contributed by atoms with Crippen molar-refractivity contribution in [3.63, 3.8) is 0 Å². The molecule has 2 aromatic rings. The summed E-state index contributed by atoms with van der Waals surface area (Å²) in [5.74, 6) is -0.520. The highest BCUT2D eigenvalue weighted by molar-refractivity contribution is 5.89. The molecule has 1 saturated heterocycles. The molecule has 202 valence electrons. The number of aromatic nitrogens is 1. The fourth-order valence-electron chi connectivity index (χ4n) is 5.12. The number of carbonyl (C=O) groups is 1. The second-order valence-electron chi connectivity index (χ2n) is 9.53. The van der Waals surface area contributed by atoms with Crippen molar-refractivity contribution >= 4 is 17.5 Å². The van der Waals surface area contributed by atoms with Gasteiger partial charge in [-0.2, -0.15) is 13.2 Å². The van der Waals surface area contributed by atoms with Gasteiger partial charge in [-0.15, -0.1) is 0 Å². The number of carbonyl (C=O) groups excluding carboxylic acids is 1. The summed E-state index contributed by atoms with van der Waals surface area (Å²) in [5.41, 5.74) is 2.36. The number of halogens is 3. The van der Waals surface area contributed by atoms with E-state index in [9.17, 15) is 18.0 Å². The van der Waals surface area contributed by atoms with Gasteiger partial charge in [0.05, 0.1) is 18.2 Å². The highest BCUT2D eigenvalue weighted by Crippen LogP contribution is 2.36. The molecule has 1 aromatic carbocycles. The Labute approximate surface area is 219 Å². The van der Waals surface area contributed by atoms with Crippen molar-refractivity contribution in [2.24, 2.45) is 0 Å². The SMILES string of the molecule is COC(=O)c1ccc(NC2NC(N3CCCCC3)NC3=C2CCN(c2ncccc2C(F)(F)F)C=C3)cc1. The molecule has 0 amide bonds. The third kappa shape index (κ3) is 5.63. The molecular formula is C27H31F3N6O2. The van der Waals surface area contributed by atoms with Crippen LogP contribution in [0.3, 0.4) is 0 Å². The van der Waals surface area contributed by atoms with Crippen LogP contribution >= 0.6 is 0 Å². The quantitative estimate of drug-likeness (QED) is 0.497. The van der Waals surface area contributed by atoms with Gasteiger partial charge in [-0.05, 0) is 67.3 Å². The van der Waals surface area contributed by atoms with Crippen LogP contribution in [0.2, 0.25) is 0 Å². The van der Waals surface area contributed by atoms with E-state index in [1.54, 1.807) is 23.2 Å². The monoisotopic (exact) mass is 528 g/mol. The molecule has 0 saturated carbocycles. The van der Waals surface area contributed by atoms with E-state index in [-0.39, 0.29) is 18.3 Å². The number of likely N-dealkylation sites (tertiary alicyclic amines) is 1. The zero-order valence-corrected chi connectivity index (χ0v) is 21.1. The van der Waals surface area contributed by atoms with Crippen LogP contribution in [0.1, 0.15) is 41.6 Å². The lowest BCUT2D eigenvalue weighted by atomic mass is 10.0. The Balaban J connectivity index is 1.41. The molecule has 0 aliphatic carbocycles. The number of methoxy groups -OCH3 is 1. The van der Waals surface area contributed by atoms with Crippen LogP contribution in [0.25, 0.3) is 0 Å². The number of rotatable bonds is 5. The molecule has 3 aliphatic heterocycles. The molecule has 0 spiro atoms. The average Bonchev–Trinajstić information content (AvgIpc) is 3.16. The van der Waals surface area contributed by atoms with E-state index in [1.165, 1.54) is 25.8 Å². The number of nitrogens with one attached hydrogen (secondary N) is 3. The highest BCUT2D eigenvalue weighted by Gasteiger charge is 2.37. The lowest BCUT2D eigenvalue weighted by Gasteiger charge is -2.43. The summed E-state index contributed by atoms with van der Waals surface area (Å²) < 4.78 is 45.9. The smallest absolute Gasteiger partial charge is 0.419 e. The van der Waals surface area contributed by atoms with Gasteiger partial charge in [-0.25, -0.2) is 9.78 Å². The number of ether oxygens (including phenoxy) is 1. The maximum Gasteiger partial charge on any atom is 0.419 e. The van der Waals surface area contributed by atoms with Gasteiger partial charge >= 0.3 is 12.1 Å². The second kappa shape index (κ2) is 11.0. The number of alkyl halides is 3. The molecule has 2 unspecified atom stereocenters. The number of anilines is 2. The third-order valence-electron chi connectivity index (χ3n) is 7.09. The predicted molar refractivity (Wildman–Crippen MR) is 138 cm³/mol. The maximum atomic E-state index is 13.7. The van der Waals surface area contributed by atoms with Gasteiger partial charge in [0.1, 0.15) is 18.3 Å². The summed E-state index contributed by atoms with van der Waals surface area (Å²) in [4.78, 5) is 19.8.